The van der Waals surface area contributed by atoms with E-state index in [-0.39, 0.29) is 12.7 Å². The summed E-state index contributed by atoms with van der Waals surface area (Å²) in [4.78, 5) is 16.6. The van der Waals surface area contributed by atoms with Gasteiger partial charge in [-0.2, -0.15) is 0 Å². The predicted octanol–water partition coefficient (Wildman–Crippen LogP) is 1.90. The first-order valence-corrected chi connectivity index (χ1v) is 9.00. The molecule has 7 heteroatoms. The fraction of sp³-hybridized carbons (Fsp3) is 0.300. The third-order valence-corrected chi connectivity index (χ3v) is 3.94. The van der Waals surface area contributed by atoms with Gasteiger partial charge in [0.25, 0.3) is 5.91 Å². The van der Waals surface area contributed by atoms with Gasteiger partial charge in [-0.05, 0) is 36.8 Å². The number of nitrogens with zero attached hydrogens (tertiary/aromatic N) is 1. The summed E-state index contributed by atoms with van der Waals surface area (Å²) in [5.74, 6) is 2.13. The highest BCUT2D eigenvalue weighted by Crippen LogP contribution is 2.32. The van der Waals surface area contributed by atoms with Crippen molar-refractivity contribution < 1.29 is 14.3 Å². The highest BCUT2D eigenvalue weighted by Gasteiger charge is 2.13. The van der Waals surface area contributed by atoms with Gasteiger partial charge in [-0.15, -0.1) is 0 Å². The smallest absolute Gasteiger partial charge is 0.251 e. The Balaban J connectivity index is 1.47. The van der Waals surface area contributed by atoms with E-state index in [0.717, 1.165) is 23.6 Å². The molecule has 2 aromatic rings. The molecular weight excluding hydrogens is 344 g/mol. The second-order valence-corrected chi connectivity index (χ2v) is 5.93. The first kappa shape index (κ1) is 18.6. The quantitative estimate of drug-likeness (QED) is 0.395. The van der Waals surface area contributed by atoms with Gasteiger partial charge in [-0.25, -0.2) is 4.99 Å². The van der Waals surface area contributed by atoms with E-state index in [2.05, 4.69) is 20.9 Å². The van der Waals surface area contributed by atoms with Crippen LogP contribution >= 0.6 is 0 Å². The summed E-state index contributed by atoms with van der Waals surface area (Å²) in [6.07, 6.45) is 0. The van der Waals surface area contributed by atoms with Crippen LogP contribution in [0.2, 0.25) is 0 Å². The Kier molecular flexibility index (Phi) is 6.51. The van der Waals surface area contributed by atoms with Crippen molar-refractivity contribution in [1.29, 1.82) is 0 Å². The lowest BCUT2D eigenvalue weighted by molar-refractivity contribution is 0.0954. The SMILES string of the molecule is CCNC(=NCc1ccc2c(c1)OCO2)NCCNC(=O)c1ccccc1. The van der Waals surface area contributed by atoms with Crippen LogP contribution in [0.4, 0.5) is 0 Å². The highest BCUT2D eigenvalue weighted by molar-refractivity contribution is 5.94. The summed E-state index contributed by atoms with van der Waals surface area (Å²) in [6, 6.07) is 15.0. The summed E-state index contributed by atoms with van der Waals surface area (Å²) < 4.78 is 10.7. The van der Waals surface area contributed by atoms with Crippen molar-refractivity contribution in [2.24, 2.45) is 4.99 Å². The molecule has 1 heterocycles. The average Bonchev–Trinajstić information content (AvgIpc) is 3.17. The molecule has 1 aliphatic heterocycles. The van der Waals surface area contributed by atoms with Gasteiger partial charge in [-0.3, -0.25) is 4.79 Å². The molecule has 0 saturated heterocycles. The zero-order valence-corrected chi connectivity index (χ0v) is 15.3. The molecule has 0 atom stereocenters. The highest BCUT2D eigenvalue weighted by atomic mass is 16.7. The number of guanidine groups is 1. The van der Waals surface area contributed by atoms with E-state index in [1.54, 1.807) is 12.1 Å². The Morgan fingerprint density at radius 1 is 1.00 bits per heavy atom. The summed E-state index contributed by atoms with van der Waals surface area (Å²) in [5.41, 5.74) is 1.69. The van der Waals surface area contributed by atoms with Gasteiger partial charge in [0.1, 0.15) is 0 Å². The predicted molar refractivity (Wildman–Crippen MR) is 104 cm³/mol. The van der Waals surface area contributed by atoms with E-state index in [1.165, 1.54) is 0 Å². The Morgan fingerprint density at radius 2 is 1.78 bits per heavy atom. The number of amides is 1. The largest absolute Gasteiger partial charge is 0.454 e. The standard InChI is InChI=1S/C20H24N4O3/c1-2-21-20(23-11-10-22-19(25)16-6-4-3-5-7-16)24-13-15-8-9-17-18(12-15)27-14-26-17/h3-9,12H,2,10-11,13-14H2,1H3,(H,22,25)(H2,21,23,24). The number of hydrogen-bond donors (Lipinski definition) is 3. The van der Waals surface area contributed by atoms with Crippen molar-refractivity contribution in [3.8, 4) is 11.5 Å². The van der Waals surface area contributed by atoms with E-state index in [1.807, 2.05) is 43.3 Å². The molecular formula is C20H24N4O3. The summed E-state index contributed by atoms with van der Waals surface area (Å²) in [5, 5.41) is 9.30. The number of benzene rings is 2. The molecule has 1 amide bonds. The lowest BCUT2D eigenvalue weighted by Crippen LogP contribution is -2.41. The maximum Gasteiger partial charge on any atom is 0.251 e. The van der Waals surface area contributed by atoms with Crippen LogP contribution in [0.1, 0.15) is 22.8 Å². The number of fused-ring (bicyclic) bond motifs is 1. The fourth-order valence-corrected chi connectivity index (χ4v) is 2.60. The van der Waals surface area contributed by atoms with Crippen molar-refractivity contribution in [3.63, 3.8) is 0 Å². The molecule has 3 rings (SSSR count). The van der Waals surface area contributed by atoms with Crippen molar-refractivity contribution in [1.82, 2.24) is 16.0 Å². The van der Waals surface area contributed by atoms with Gasteiger partial charge in [0.15, 0.2) is 17.5 Å². The summed E-state index contributed by atoms with van der Waals surface area (Å²) in [7, 11) is 0. The molecule has 0 aromatic heterocycles. The van der Waals surface area contributed by atoms with Gasteiger partial charge < -0.3 is 25.4 Å². The van der Waals surface area contributed by atoms with Gasteiger partial charge in [0.05, 0.1) is 6.54 Å². The molecule has 0 bridgehead atoms. The van der Waals surface area contributed by atoms with Crippen molar-refractivity contribution in [3.05, 3.63) is 59.7 Å². The van der Waals surface area contributed by atoms with Crippen LogP contribution in [0.3, 0.4) is 0 Å². The third-order valence-electron chi connectivity index (χ3n) is 3.94. The zero-order chi connectivity index (χ0) is 18.9. The molecule has 3 N–H and O–H groups in total. The van der Waals surface area contributed by atoms with Gasteiger partial charge in [0.2, 0.25) is 6.79 Å². The third kappa shape index (κ3) is 5.37. The molecule has 0 unspecified atom stereocenters. The fourth-order valence-electron chi connectivity index (χ4n) is 2.60. The minimum absolute atomic E-state index is 0.0836. The molecule has 0 radical (unpaired) electrons. The first-order chi connectivity index (χ1) is 13.3. The minimum atomic E-state index is -0.0836. The lowest BCUT2D eigenvalue weighted by Gasteiger charge is -2.12. The molecule has 142 valence electrons. The van der Waals surface area contributed by atoms with Crippen molar-refractivity contribution in [2.75, 3.05) is 26.4 Å². The van der Waals surface area contributed by atoms with E-state index >= 15 is 0 Å². The first-order valence-electron chi connectivity index (χ1n) is 9.00. The number of ether oxygens (including phenoxy) is 2. The number of nitrogens with one attached hydrogen (secondary N) is 3. The van der Waals surface area contributed by atoms with Gasteiger partial charge in [-0.1, -0.05) is 24.3 Å². The van der Waals surface area contributed by atoms with E-state index in [0.29, 0.717) is 31.2 Å². The maximum atomic E-state index is 12.0. The van der Waals surface area contributed by atoms with E-state index in [9.17, 15) is 4.79 Å². The maximum absolute atomic E-state index is 12.0. The topological polar surface area (TPSA) is 84.0 Å². The van der Waals surface area contributed by atoms with Crippen molar-refractivity contribution in [2.45, 2.75) is 13.5 Å². The van der Waals surface area contributed by atoms with E-state index in [4.69, 9.17) is 9.47 Å². The molecule has 7 nitrogen and oxygen atoms in total. The summed E-state index contributed by atoms with van der Waals surface area (Å²) in [6.45, 7) is 4.62. The van der Waals surface area contributed by atoms with Crippen LogP contribution in [0, 0.1) is 0 Å². The Morgan fingerprint density at radius 3 is 2.59 bits per heavy atom. The minimum Gasteiger partial charge on any atom is -0.454 e. The Bertz CT molecular complexity index is 793. The zero-order valence-electron chi connectivity index (χ0n) is 15.3. The van der Waals surface area contributed by atoms with Crippen LogP contribution in [0.25, 0.3) is 0 Å². The monoisotopic (exact) mass is 368 g/mol. The van der Waals surface area contributed by atoms with Crippen molar-refractivity contribution >= 4 is 11.9 Å². The summed E-state index contributed by atoms with van der Waals surface area (Å²) >= 11 is 0. The number of rotatable bonds is 7. The molecule has 1 aliphatic rings. The molecule has 0 saturated carbocycles. The molecule has 2 aromatic carbocycles. The Labute approximate surface area is 158 Å². The van der Waals surface area contributed by atoms with Crippen LogP contribution in [-0.2, 0) is 6.54 Å². The molecule has 27 heavy (non-hydrogen) atoms. The van der Waals surface area contributed by atoms with Gasteiger partial charge >= 0.3 is 0 Å². The van der Waals surface area contributed by atoms with E-state index < -0.39 is 0 Å². The van der Waals surface area contributed by atoms with Gasteiger partial charge in [0, 0.05) is 25.2 Å². The number of hydrogen-bond acceptors (Lipinski definition) is 4. The van der Waals surface area contributed by atoms with Crippen LogP contribution in [0.15, 0.2) is 53.5 Å². The van der Waals surface area contributed by atoms with Crippen LogP contribution in [0.5, 0.6) is 11.5 Å². The van der Waals surface area contributed by atoms with Crippen LogP contribution in [-0.4, -0.2) is 38.3 Å². The molecule has 0 aliphatic carbocycles. The lowest BCUT2D eigenvalue weighted by atomic mass is 10.2. The normalized spacial score (nSPS) is 12.6. The second-order valence-electron chi connectivity index (χ2n) is 5.93. The molecule has 0 spiro atoms. The number of carbonyl (C=O) groups excluding carboxylic acids is 1. The Hall–Kier alpha value is -3.22. The molecule has 0 fully saturated rings. The van der Waals surface area contributed by atoms with Crippen LogP contribution < -0.4 is 25.4 Å². The number of carbonyl (C=O) groups is 1. The second kappa shape index (κ2) is 9.47. The average molecular weight is 368 g/mol. The number of aliphatic imine (C=N–C) groups is 1.